The van der Waals surface area contributed by atoms with E-state index in [9.17, 15) is 22.4 Å². The maximum absolute atomic E-state index is 12.0. The molecule has 0 N–H and O–H groups in total. The van der Waals surface area contributed by atoms with E-state index in [4.69, 9.17) is 5.26 Å². The van der Waals surface area contributed by atoms with E-state index in [1.807, 2.05) is 0 Å². The summed E-state index contributed by atoms with van der Waals surface area (Å²) in [5, 5.41) is 7.89. The van der Waals surface area contributed by atoms with Crippen molar-refractivity contribution >= 4 is 5.97 Å². The molecule has 0 aromatic heterocycles. The molecule has 0 amide bonds. The normalized spacial score (nSPS) is 11.1. The van der Waals surface area contributed by atoms with Gasteiger partial charge >= 0.3 is 18.3 Å². The summed E-state index contributed by atoms with van der Waals surface area (Å²) in [6, 6.07) is 1.33. The predicted molar refractivity (Wildman–Crippen MR) is 32.1 cm³/mol. The fourth-order valence-electron chi connectivity index (χ4n) is 0.355. The number of hydrogen-bond acceptors (Lipinski definition) is 3. The number of carbonyl (C=O) groups excluding carboxylic acids is 1. The van der Waals surface area contributed by atoms with Crippen molar-refractivity contribution < 1.29 is 27.1 Å². The van der Waals surface area contributed by atoms with E-state index < -0.39 is 31.3 Å². The maximum Gasteiger partial charge on any atom is 0.340 e. The Morgan fingerprint density at radius 3 is 2.46 bits per heavy atom. The Balaban J connectivity index is 3.89. The van der Waals surface area contributed by atoms with Crippen LogP contribution in [0.25, 0.3) is 0 Å². The van der Waals surface area contributed by atoms with Crippen LogP contribution < -0.4 is 0 Å². The van der Waals surface area contributed by atoms with Gasteiger partial charge in [0, 0.05) is 0 Å². The van der Waals surface area contributed by atoms with Gasteiger partial charge in [0.2, 0.25) is 0 Å². The van der Waals surface area contributed by atoms with Crippen LogP contribution in [0.1, 0.15) is 6.42 Å². The van der Waals surface area contributed by atoms with Crippen LogP contribution in [0.2, 0.25) is 0 Å². The third-order valence-corrected chi connectivity index (χ3v) is 0.968. The van der Waals surface area contributed by atoms with Crippen LogP contribution in [-0.4, -0.2) is 24.9 Å². The summed E-state index contributed by atoms with van der Waals surface area (Å²) >= 11 is 0. The third kappa shape index (κ3) is 4.30. The Hall–Kier alpha value is -1.32. The van der Waals surface area contributed by atoms with E-state index >= 15 is 0 Å². The number of rotatable bonds is 4. The van der Waals surface area contributed by atoms with E-state index in [-0.39, 0.29) is 0 Å². The summed E-state index contributed by atoms with van der Waals surface area (Å²) in [6.45, 7) is -1.70. The molecule has 0 fully saturated rings. The van der Waals surface area contributed by atoms with Gasteiger partial charge in [0.05, 0.1) is 6.07 Å². The molecule has 0 unspecified atom stereocenters. The molecule has 0 spiro atoms. The molecule has 7 heteroatoms. The Morgan fingerprint density at radius 1 is 1.54 bits per heavy atom. The predicted octanol–water partition coefficient (Wildman–Crippen LogP) is 1.34. The smallest absolute Gasteiger partial charge is 0.340 e. The topological polar surface area (TPSA) is 50.1 Å². The average molecular weight is 199 g/mol. The first-order valence-corrected chi connectivity index (χ1v) is 3.08. The van der Waals surface area contributed by atoms with E-state index in [1.165, 1.54) is 6.07 Å². The van der Waals surface area contributed by atoms with Gasteiger partial charge in [-0.2, -0.15) is 14.0 Å². The summed E-state index contributed by atoms with van der Waals surface area (Å²) in [7, 11) is 0. The number of nitriles is 1. The molecule has 0 radical (unpaired) electrons. The average Bonchev–Trinajstić information content (AvgIpc) is 2.01. The van der Waals surface area contributed by atoms with E-state index in [0.717, 1.165) is 0 Å². The largest absolute Gasteiger partial charge is 0.458 e. The molecular formula is C6H5F4NO2. The SMILES string of the molecule is N#CCC(=O)OCC(F)(F)C(F)F. The third-order valence-electron chi connectivity index (χ3n) is 0.968. The number of ether oxygens (including phenoxy) is 1. The fraction of sp³-hybridized carbons (Fsp3) is 0.667. The number of carbonyl (C=O) groups is 1. The minimum absolute atomic E-state index is 0.737. The standard InChI is InChI=1S/C6H5F4NO2/c7-5(8)6(9,10)3-13-4(12)1-2-11/h5H,1,3H2. The zero-order valence-electron chi connectivity index (χ0n) is 6.27. The van der Waals surface area contributed by atoms with Gasteiger partial charge in [0.1, 0.15) is 6.42 Å². The van der Waals surface area contributed by atoms with Gasteiger partial charge in [-0.15, -0.1) is 0 Å². The lowest BCUT2D eigenvalue weighted by Gasteiger charge is -2.14. The van der Waals surface area contributed by atoms with Crippen LogP contribution in [0.4, 0.5) is 17.6 Å². The highest BCUT2D eigenvalue weighted by molar-refractivity contribution is 5.71. The number of halogens is 4. The van der Waals surface area contributed by atoms with Crippen molar-refractivity contribution in [2.75, 3.05) is 6.61 Å². The lowest BCUT2D eigenvalue weighted by atomic mass is 10.4. The first kappa shape index (κ1) is 11.7. The maximum atomic E-state index is 12.0. The van der Waals surface area contributed by atoms with Crippen molar-refractivity contribution in [1.82, 2.24) is 0 Å². The second-order valence-electron chi connectivity index (χ2n) is 2.06. The molecule has 13 heavy (non-hydrogen) atoms. The molecule has 0 aliphatic rings. The first-order valence-electron chi connectivity index (χ1n) is 3.08. The zero-order chi connectivity index (χ0) is 10.5. The van der Waals surface area contributed by atoms with Gasteiger partial charge in [0.25, 0.3) is 0 Å². The Bertz CT molecular complexity index is 223. The number of alkyl halides is 4. The van der Waals surface area contributed by atoms with Gasteiger partial charge in [-0.25, -0.2) is 8.78 Å². The number of esters is 1. The van der Waals surface area contributed by atoms with Gasteiger partial charge < -0.3 is 4.74 Å². The lowest BCUT2D eigenvalue weighted by Crippen LogP contribution is -2.33. The second-order valence-corrected chi connectivity index (χ2v) is 2.06. The molecule has 0 aliphatic carbocycles. The second kappa shape index (κ2) is 4.64. The highest BCUT2D eigenvalue weighted by Crippen LogP contribution is 2.22. The lowest BCUT2D eigenvalue weighted by molar-refractivity contribution is -0.178. The summed E-state index contributed by atoms with van der Waals surface area (Å²) in [5.41, 5.74) is 0. The van der Waals surface area contributed by atoms with Crippen LogP contribution in [0.3, 0.4) is 0 Å². The zero-order valence-corrected chi connectivity index (χ0v) is 6.27. The molecule has 0 heterocycles. The Morgan fingerprint density at radius 2 is 2.08 bits per heavy atom. The van der Waals surface area contributed by atoms with Gasteiger partial charge in [-0.1, -0.05) is 0 Å². The van der Waals surface area contributed by atoms with Crippen LogP contribution >= 0.6 is 0 Å². The number of hydrogen-bond donors (Lipinski definition) is 0. The molecule has 74 valence electrons. The van der Waals surface area contributed by atoms with Crippen molar-refractivity contribution in [3.05, 3.63) is 0 Å². The summed E-state index contributed by atoms with van der Waals surface area (Å²) in [5.74, 6) is -5.60. The Kier molecular flexibility index (Phi) is 4.17. The van der Waals surface area contributed by atoms with Crippen molar-refractivity contribution in [1.29, 1.82) is 5.26 Å². The molecular weight excluding hydrogens is 194 g/mol. The van der Waals surface area contributed by atoms with Gasteiger partial charge in [-0.3, -0.25) is 4.79 Å². The summed E-state index contributed by atoms with van der Waals surface area (Å²) in [4.78, 5) is 10.3. The van der Waals surface area contributed by atoms with Gasteiger partial charge in [-0.05, 0) is 0 Å². The number of nitrogens with zero attached hydrogens (tertiary/aromatic N) is 1. The van der Waals surface area contributed by atoms with Crippen molar-refractivity contribution in [3.8, 4) is 6.07 Å². The first-order chi connectivity index (χ1) is 5.90. The minimum Gasteiger partial charge on any atom is -0.458 e. The molecule has 0 saturated heterocycles. The van der Waals surface area contributed by atoms with Crippen molar-refractivity contribution in [2.45, 2.75) is 18.8 Å². The molecule has 0 rings (SSSR count). The van der Waals surface area contributed by atoms with Crippen LogP contribution in [0.5, 0.6) is 0 Å². The molecule has 0 aromatic carbocycles. The molecule has 0 aliphatic heterocycles. The quantitative estimate of drug-likeness (QED) is 0.507. The van der Waals surface area contributed by atoms with Crippen LogP contribution in [0.15, 0.2) is 0 Å². The molecule has 3 nitrogen and oxygen atoms in total. The van der Waals surface area contributed by atoms with E-state index in [2.05, 4.69) is 4.74 Å². The van der Waals surface area contributed by atoms with Gasteiger partial charge in [0.15, 0.2) is 6.61 Å². The van der Waals surface area contributed by atoms with Crippen molar-refractivity contribution in [3.63, 3.8) is 0 Å². The monoisotopic (exact) mass is 199 g/mol. The fourth-order valence-corrected chi connectivity index (χ4v) is 0.355. The molecule has 0 atom stereocenters. The van der Waals surface area contributed by atoms with Crippen LogP contribution in [0, 0.1) is 11.3 Å². The molecule has 0 aromatic rings. The van der Waals surface area contributed by atoms with E-state index in [1.54, 1.807) is 0 Å². The highest BCUT2D eigenvalue weighted by Gasteiger charge is 2.42. The minimum atomic E-state index is -4.36. The molecule has 0 bridgehead atoms. The van der Waals surface area contributed by atoms with Crippen molar-refractivity contribution in [2.24, 2.45) is 0 Å². The highest BCUT2D eigenvalue weighted by atomic mass is 19.3. The van der Waals surface area contributed by atoms with E-state index in [0.29, 0.717) is 0 Å². The molecule has 0 saturated carbocycles. The Labute approximate surface area is 70.9 Å². The summed E-state index contributed by atoms with van der Waals surface area (Å²) < 4.78 is 50.7. The summed E-state index contributed by atoms with van der Waals surface area (Å²) in [6.07, 6.45) is -4.62. The van der Waals surface area contributed by atoms with Crippen LogP contribution in [-0.2, 0) is 9.53 Å².